The van der Waals surface area contributed by atoms with Crippen molar-refractivity contribution in [3.05, 3.63) is 27.2 Å². The van der Waals surface area contributed by atoms with Gasteiger partial charge in [-0.2, -0.15) is 8.42 Å². The summed E-state index contributed by atoms with van der Waals surface area (Å²) in [6, 6.07) is 2.65. The van der Waals surface area contributed by atoms with E-state index in [1.54, 1.807) is 0 Å². The number of hydrogen-bond acceptors (Lipinski definition) is 4. The summed E-state index contributed by atoms with van der Waals surface area (Å²) in [6.45, 7) is 0. The molecule has 0 atom stereocenters. The summed E-state index contributed by atoms with van der Waals surface area (Å²) >= 11 is 17.4. The van der Waals surface area contributed by atoms with Crippen LogP contribution in [0, 0.1) is 0 Å². The highest BCUT2D eigenvalue weighted by Crippen LogP contribution is 2.36. The van der Waals surface area contributed by atoms with E-state index in [-0.39, 0.29) is 33.0 Å². The van der Waals surface area contributed by atoms with Gasteiger partial charge >= 0.3 is 16.1 Å². The highest BCUT2D eigenvalue weighted by Gasteiger charge is 2.18. The predicted molar refractivity (Wildman–Crippen MR) is 82.0 cm³/mol. The lowest BCUT2D eigenvalue weighted by atomic mass is 10.2. The van der Waals surface area contributed by atoms with Crippen LogP contribution in [-0.2, 0) is 14.9 Å². The van der Waals surface area contributed by atoms with Gasteiger partial charge in [-0.05, 0) is 25.0 Å². The van der Waals surface area contributed by atoms with Gasteiger partial charge in [0.1, 0.15) is 0 Å². The molecule has 0 aliphatic rings. The van der Waals surface area contributed by atoms with Crippen molar-refractivity contribution in [3.8, 4) is 5.75 Å². The number of unbranched alkanes of at least 4 members (excludes halogenated alkanes) is 2. The molecule has 0 fully saturated rings. The quantitative estimate of drug-likeness (QED) is 0.548. The van der Waals surface area contributed by atoms with Crippen molar-refractivity contribution in [2.75, 3.05) is 5.75 Å². The fourth-order valence-corrected chi connectivity index (χ4v) is 3.57. The van der Waals surface area contributed by atoms with Gasteiger partial charge in [-0.1, -0.05) is 41.2 Å². The van der Waals surface area contributed by atoms with Gasteiger partial charge in [0.05, 0.1) is 15.8 Å². The molecule has 0 saturated carbocycles. The number of hydrogen-bond donors (Lipinski definition) is 1. The summed E-state index contributed by atoms with van der Waals surface area (Å²) in [4.78, 5) is 10.3. The van der Waals surface area contributed by atoms with Crippen molar-refractivity contribution in [2.24, 2.45) is 0 Å². The Bertz CT molecular complexity index is 592. The molecule has 118 valence electrons. The lowest BCUT2D eigenvalue weighted by molar-refractivity contribution is -0.137. The van der Waals surface area contributed by atoms with Crippen LogP contribution < -0.4 is 4.18 Å². The third-order valence-electron chi connectivity index (χ3n) is 2.46. The molecule has 0 bridgehead atoms. The Morgan fingerprint density at radius 1 is 1.10 bits per heavy atom. The Hall–Kier alpha value is -0.690. The van der Waals surface area contributed by atoms with E-state index >= 15 is 0 Å². The number of aliphatic carboxylic acids is 1. The molecular formula is C12H13Cl3O5S. The van der Waals surface area contributed by atoms with E-state index < -0.39 is 16.1 Å². The molecule has 0 spiro atoms. The largest absolute Gasteiger partial charge is 0.481 e. The van der Waals surface area contributed by atoms with Gasteiger partial charge in [-0.3, -0.25) is 4.79 Å². The second-order valence-electron chi connectivity index (χ2n) is 4.25. The first-order chi connectivity index (χ1) is 9.71. The summed E-state index contributed by atoms with van der Waals surface area (Å²) in [5.74, 6) is -1.32. The molecule has 1 aromatic carbocycles. The highest BCUT2D eigenvalue weighted by molar-refractivity contribution is 7.87. The van der Waals surface area contributed by atoms with Crippen molar-refractivity contribution in [2.45, 2.75) is 25.7 Å². The molecule has 0 unspecified atom stereocenters. The van der Waals surface area contributed by atoms with Crippen LogP contribution in [0.3, 0.4) is 0 Å². The van der Waals surface area contributed by atoms with Gasteiger partial charge in [0.15, 0.2) is 5.75 Å². The molecular weight excluding hydrogens is 363 g/mol. The molecule has 0 aromatic heterocycles. The predicted octanol–water partition coefficient (Wildman–Crippen LogP) is 4.00. The van der Waals surface area contributed by atoms with Crippen LogP contribution >= 0.6 is 34.8 Å². The molecule has 21 heavy (non-hydrogen) atoms. The summed E-state index contributed by atoms with van der Waals surface area (Å²) in [5, 5.41) is 8.74. The molecule has 0 amide bonds. The second-order valence-corrected chi connectivity index (χ2v) is 7.19. The Kier molecular flexibility index (Phi) is 7.06. The van der Waals surface area contributed by atoms with Crippen molar-refractivity contribution in [1.29, 1.82) is 0 Å². The summed E-state index contributed by atoms with van der Waals surface area (Å²) in [5.41, 5.74) is 0. The molecule has 0 aliphatic heterocycles. The standard InChI is InChI=1S/C12H13Cl3O5S/c13-8-6-9(14)12(10(15)7-8)20-21(18,19)5-3-1-2-4-11(16)17/h6-7H,1-5H2,(H,16,17). The molecule has 1 aromatic rings. The smallest absolute Gasteiger partial charge is 0.309 e. The third-order valence-corrected chi connectivity index (χ3v) is 4.45. The lowest BCUT2D eigenvalue weighted by Crippen LogP contribution is -2.14. The minimum Gasteiger partial charge on any atom is -0.481 e. The first-order valence-electron chi connectivity index (χ1n) is 6.00. The number of carboxylic acids is 1. The number of benzene rings is 1. The maximum atomic E-state index is 11.8. The maximum absolute atomic E-state index is 11.8. The molecule has 0 radical (unpaired) electrons. The zero-order chi connectivity index (χ0) is 16.0. The van der Waals surface area contributed by atoms with E-state index in [1.165, 1.54) is 12.1 Å². The highest BCUT2D eigenvalue weighted by atomic mass is 35.5. The van der Waals surface area contributed by atoms with E-state index in [0.717, 1.165) is 0 Å². The topological polar surface area (TPSA) is 80.7 Å². The van der Waals surface area contributed by atoms with Gasteiger partial charge < -0.3 is 9.29 Å². The van der Waals surface area contributed by atoms with Gasteiger partial charge in [-0.25, -0.2) is 0 Å². The fraction of sp³-hybridized carbons (Fsp3) is 0.417. The van der Waals surface area contributed by atoms with Gasteiger partial charge in [0.25, 0.3) is 0 Å². The first kappa shape index (κ1) is 18.4. The molecule has 0 saturated heterocycles. The molecule has 5 nitrogen and oxygen atoms in total. The van der Waals surface area contributed by atoms with Crippen LogP contribution in [0.2, 0.25) is 15.1 Å². The Labute approximate surface area is 137 Å². The van der Waals surface area contributed by atoms with E-state index in [2.05, 4.69) is 0 Å². The lowest BCUT2D eigenvalue weighted by Gasteiger charge is -2.10. The van der Waals surface area contributed by atoms with E-state index in [9.17, 15) is 13.2 Å². The molecule has 1 N–H and O–H groups in total. The molecule has 1 rings (SSSR count). The summed E-state index contributed by atoms with van der Waals surface area (Å²) in [6.07, 6.45) is 1.18. The van der Waals surface area contributed by atoms with Crippen LogP contribution in [0.1, 0.15) is 25.7 Å². The zero-order valence-corrected chi connectivity index (χ0v) is 13.9. The van der Waals surface area contributed by atoms with Crippen molar-refractivity contribution < 1.29 is 22.5 Å². The molecule has 0 aliphatic carbocycles. The maximum Gasteiger partial charge on any atom is 0.309 e. The molecule has 9 heteroatoms. The van der Waals surface area contributed by atoms with Gasteiger partial charge in [0.2, 0.25) is 0 Å². The van der Waals surface area contributed by atoms with Gasteiger partial charge in [0, 0.05) is 11.4 Å². The van der Waals surface area contributed by atoms with Crippen molar-refractivity contribution in [3.63, 3.8) is 0 Å². The van der Waals surface area contributed by atoms with Crippen LogP contribution in [0.15, 0.2) is 12.1 Å². The average molecular weight is 376 g/mol. The number of halogens is 3. The van der Waals surface area contributed by atoms with Crippen molar-refractivity contribution >= 4 is 50.9 Å². The fourth-order valence-electron chi connectivity index (χ4n) is 1.51. The zero-order valence-electron chi connectivity index (χ0n) is 10.8. The monoisotopic (exact) mass is 374 g/mol. The van der Waals surface area contributed by atoms with E-state index in [1.807, 2.05) is 0 Å². The van der Waals surface area contributed by atoms with Crippen molar-refractivity contribution in [1.82, 2.24) is 0 Å². The second kappa shape index (κ2) is 8.08. The Balaban J connectivity index is 2.59. The summed E-state index contributed by atoms with van der Waals surface area (Å²) < 4.78 is 28.5. The average Bonchev–Trinajstić information content (AvgIpc) is 2.33. The van der Waals surface area contributed by atoms with Gasteiger partial charge in [-0.15, -0.1) is 0 Å². The van der Waals surface area contributed by atoms with Crippen LogP contribution in [-0.4, -0.2) is 25.2 Å². The number of carboxylic acid groups (broad SMARTS) is 1. The normalized spacial score (nSPS) is 11.4. The Morgan fingerprint density at radius 3 is 2.19 bits per heavy atom. The van der Waals surface area contributed by atoms with Crippen LogP contribution in [0.25, 0.3) is 0 Å². The summed E-state index contributed by atoms with van der Waals surface area (Å²) in [7, 11) is -3.85. The SMILES string of the molecule is O=C(O)CCCCCS(=O)(=O)Oc1c(Cl)cc(Cl)cc1Cl. The Morgan fingerprint density at radius 2 is 1.67 bits per heavy atom. The van der Waals surface area contributed by atoms with Crippen LogP contribution in [0.5, 0.6) is 5.75 Å². The third kappa shape index (κ3) is 6.74. The minimum atomic E-state index is -3.85. The first-order valence-corrected chi connectivity index (χ1v) is 8.71. The number of rotatable bonds is 8. The minimum absolute atomic E-state index is 0.00181. The van der Waals surface area contributed by atoms with E-state index in [0.29, 0.717) is 19.3 Å². The number of carbonyl (C=O) groups is 1. The molecule has 0 heterocycles. The van der Waals surface area contributed by atoms with E-state index in [4.69, 9.17) is 44.1 Å². The van der Waals surface area contributed by atoms with Crippen LogP contribution in [0.4, 0.5) is 0 Å².